The van der Waals surface area contributed by atoms with Crippen LogP contribution in [0.1, 0.15) is 11.1 Å². The molecule has 2 aromatic rings. The van der Waals surface area contributed by atoms with Gasteiger partial charge in [-0.2, -0.15) is 0 Å². The Morgan fingerprint density at radius 2 is 1.61 bits per heavy atom. The molecule has 0 atom stereocenters. The van der Waals surface area contributed by atoms with Crippen molar-refractivity contribution in [1.29, 1.82) is 0 Å². The minimum Gasteiger partial charge on any atom is -0.496 e. The summed E-state index contributed by atoms with van der Waals surface area (Å²) >= 11 is 0. The predicted molar refractivity (Wildman–Crippen MR) is 120 cm³/mol. The van der Waals surface area contributed by atoms with Crippen molar-refractivity contribution in [3.05, 3.63) is 53.3 Å². The lowest BCUT2D eigenvalue weighted by molar-refractivity contribution is 0.367. The van der Waals surface area contributed by atoms with E-state index >= 15 is 0 Å². The molecule has 0 saturated heterocycles. The summed E-state index contributed by atoms with van der Waals surface area (Å²) in [7, 11) is 8.44. The number of hydrogen-bond donors (Lipinski definition) is 1. The molecule has 0 aliphatic carbocycles. The van der Waals surface area contributed by atoms with Crippen LogP contribution in [0.25, 0.3) is 0 Å². The van der Waals surface area contributed by atoms with E-state index in [4.69, 9.17) is 14.2 Å². The molecule has 0 fully saturated rings. The summed E-state index contributed by atoms with van der Waals surface area (Å²) < 4.78 is 29.3. The Labute approximate surface area is 182 Å². The highest BCUT2D eigenvalue weighted by Gasteiger charge is 2.15. The third kappa shape index (κ3) is 6.15. The summed E-state index contributed by atoms with van der Waals surface area (Å²) in [5.41, 5.74) is 1.85. The molecule has 6 nitrogen and oxygen atoms in total. The van der Waals surface area contributed by atoms with Crippen LogP contribution >= 0.6 is 24.0 Å². The molecule has 0 radical (unpaired) electrons. The highest BCUT2D eigenvalue weighted by Crippen LogP contribution is 2.33. The first-order valence-corrected chi connectivity index (χ1v) is 8.47. The summed E-state index contributed by atoms with van der Waals surface area (Å²) in [4.78, 5) is 6.27. The van der Waals surface area contributed by atoms with Gasteiger partial charge in [0.15, 0.2) is 5.96 Å². The average molecular weight is 503 g/mol. The molecule has 0 amide bonds. The molecule has 8 heteroatoms. The van der Waals surface area contributed by atoms with E-state index in [1.54, 1.807) is 40.5 Å². The van der Waals surface area contributed by atoms with E-state index < -0.39 is 0 Å². The molecule has 1 N–H and O–H groups in total. The Morgan fingerprint density at radius 3 is 2.07 bits per heavy atom. The fourth-order valence-corrected chi connectivity index (χ4v) is 2.74. The molecule has 0 heterocycles. The molecule has 28 heavy (non-hydrogen) atoms. The molecular weight excluding hydrogens is 476 g/mol. The second-order valence-electron chi connectivity index (χ2n) is 5.89. The van der Waals surface area contributed by atoms with Gasteiger partial charge in [0.05, 0.1) is 33.4 Å². The standard InChI is InChI=1S/C20H26FN3O3.HI/c1-22-20(24(2)13-14-6-8-15(21)9-7-14)23-12-17-18(26-4)10-16(25-3)11-19(17)27-5;/h6-11H,12-13H2,1-5H3,(H,22,23);1H. The van der Waals surface area contributed by atoms with Crippen molar-refractivity contribution in [3.8, 4) is 17.2 Å². The Hall–Kier alpha value is -2.23. The van der Waals surface area contributed by atoms with E-state index in [1.807, 2.05) is 24.1 Å². The van der Waals surface area contributed by atoms with Gasteiger partial charge in [-0.3, -0.25) is 4.99 Å². The highest BCUT2D eigenvalue weighted by atomic mass is 127. The van der Waals surface area contributed by atoms with Gasteiger partial charge in [0.25, 0.3) is 0 Å². The maximum atomic E-state index is 13.1. The topological polar surface area (TPSA) is 55.3 Å². The summed E-state index contributed by atoms with van der Waals surface area (Å²) in [5.74, 6) is 2.43. The Kier molecular flexibility index (Phi) is 9.84. The van der Waals surface area contributed by atoms with Crippen LogP contribution in [-0.4, -0.2) is 46.3 Å². The van der Waals surface area contributed by atoms with E-state index in [2.05, 4.69) is 10.3 Å². The zero-order chi connectivity index (χ0) is 19.8. The molecule has 0 aliphatic rings. The number of nitrogens with zero attached hydrogens (tertiary/aromatic N) is 2. The number of hydrogen-bond acceptors (Lipinski definition) is 4. The molecule has 0 aromatic heterocycles. The van der Waals surface area contributed by atoms with E-state index in [1.165, 1.54) is 12.1 Å². The minimum atomic E-state index is -0.248. The lowest BCUT2D eigenvalue weighted by Gasteiger charge is -2.23. The lowest BCUT2D eigenvalue weighted by Crippen LogP contribution is -2.38. The summed E-state index contributed by atoms with van der Waals surface area (Å²) in [6, 6.07) is 10.0. The zero-order valence-corrected chi connectivity index (χ0v) is 19.1. The SMILES string of the molecule is CN=C(NCc1c(OC)cc(OC)cc1OC)N(C)Cc1ccc(F)cc1.I. The quantitative estimate of drug-likeness (QED) is 0.355. The summed E-state index contributed by atoms with van der Waals surface area (Å²) in [6.07, 6.45) is 0. The van der Waals surface area contributed by atoms with Crippen LogP contribution in [0.15, 0.2) is 41.4 Å². The van der Waals surface area contributed by atoms with Crippen LogP contribution in [0.5, 0.6) is 17.2 Å². The van der Waals surface area contributed by atoms with Crippen molar-refractivity contribution in [1.82, 2.24) is 10.2 Å². The lowest BCUT2D eigenvalue weighted by atomic mass is 10.1. The minimum absolute atomic E-state index is 0. The molecule has 2 rings (SSSR count). The number of rotatable bonds is 7. The van der Waals surface area contributed by atoms with Crippen LogP contribution < -0.4 is 19.5 Å². The number of methoxy groups -OCH3 is 3. The van der Waals surface area contributed by atoms with Gasteiger partial charge in [-0.25, -0.2) is 4.39 Å². The second kappa shape index (κ2) is 11.6. The van der Waals surface area contributed by atoms with Crippen LogP contribution in [0, 0.1) is 5.82 Å². The number of ether oxygens (including phenoxy) is 3. The van der Waals surface area contributed by atoms with Crippen molar-refractivity contribution in [2.45, 2.75) is 13.1 Å². The van der Waals surface area contributed by atoms with Gasteiger partial charge in [-0.15, -0.1) is 24.0 Å². The fraction of sp³-hybridized carbons (Fsp3) is 0.350. The van der Waals surface area contributed by atoms with Crippen molar-refractivity contribution in [2.24, 2.45) is 4.99 Å². The smallest absolute Gasteiger partial charge is 0.193 e. The molecule has 0 spiro atoms. The first-order chi connectivity index (χ1) is 13.0. The average Bonchev–Trinajstić information content (AvgIpc) is 2.69. The maximum Gasteiger partial charge on any atom is 0.193 e. The molecule has 0 saturated carbocycles. The van der Waals surface area contributed by atoms with Gasteiger partial charge >= 0.3 is 0 Å². The van der Waals surface area contributed by atoms with E-state index in [0.717, 1.165) is 11.1 Å². The van der Waals surface area contributed by atoms with Gasteiger partial charge in [0.2, 0.25) is 0 Å². The predicted octanol–water partition coefficient (Wildman–Crippen LogP) is 3.68. The number of benzene rings is 2. The van der Waals surface area contributed by atoms with Gasteiger partial charge in [0, 0.05) is 32.8 Å². The maximum absolute atomic E-state index is 13.1. The molecule has 0 unspecified atom stereocenters. The second-order valence-corrected chi connectivity index (χ2v) is 5.89. The third-order valence-electron chi connectivity index (χ3n) is 4.15. The van der Waals surface area contributed by atoms with Crippen LogP contribution in [-0.2, 0) is 13.1 Å². The van der Waals surface area contributed by atoms with Crippen molar-refractivity contribution in [3.63, 3.8) is 0 Å². The first kappa shape index (κ1) is 23.8. The summed E-state index contributed by atoms with van der Waals surface area (Å²) in [6.45, 7) is 1.05. The Balaban J connectivity index is 0.00000392. The van der Waals surface area contributed by atoms with E-state index in [-0.39, 0.29) is 29.8 Å². The van der Waals surface area contributed by atoms with Crippen molar-refractivity contribution in [2.75, 3.05) is 35.4 Å². The van der Waals surface area contributed by atoms with Crippen LogP contribution in [0.4, 0.5) is 4.39 Å². The van der Waals surface area contributed by atoms with Crippen molar-refractivity contribution >= 4 is 29.9 Å². The monoisotopic (exact) mass is 503 g/mol. The molecular formula is C20H27FIN3O3. The van der Waals surface area contributed by atoms with Crippen molar-refractivity contribution < 1.29 is 18.6 Å². The number of halogens is 2. The summed E-state index contributed by atoms with van der Waals surface area (Å²) in [5, 5.41) is 3.31. The van der Waals surface area contributed by atoms with Gasteiger partial charge in [0.1, 0.15) is 23.1 Å². The number of aliphatic imine (C=N–C) groups is 1. The van der Waals surface area contributed by atoms with Gasteiger partial charge in [-0.1, -0.05) is 12.1 Å². The van der Waals surface area contributed by atoms with Gasteiger partial charge < -0.3 is 24.4 Å². The zero-order valence-electron chi connectivity index (χ0n) is 16.8. The van der Waals surface area contributed by atoms with E-state index in [0.29, 0.717) is 36.3 Å². The Morgan fingerprint density at radius 1 is 1.04 bits per heavy atom. The number of nitrogens with one attached hydrogen (secondary N) is 1. The van der Waals surface area contributed by atoms with Gasteiger partial charge in [-0.05, 0) is 17.7 Å². The third-order valence-corrected chi connectivity index (χ3v) is 4.15. The molecule has 0 bridgehead atoms. The fourth-order valence-electron chi connectivity index (χ4n) is 2.74. The normalized spacial score (nSPS) is 10.7. The van der Waals surface area contributed by atoms with Crippen LogP contribution in [0.2, 0.25) is 0 Å². The highest BCUT2D eigenvalue weighted by molar-refractivity contribution is 14.0. The Bertz CT molecular complexity index is 760. The molecule has 154 valence electrons. The molecule has 0 aliphatic heterocycles. The first-order valence-electron chi connectivity index (χ1n) is 8.47. The molecule has 2 aromatic carbocycles. The van der Waals surface area contributed by atoms with E-state index in [9.17, 15) is 4.39 Å². The van der Waals surface area contributed by atoms with Crippen LogP contribution in [0.3, 0.4) is 0 Å². The largest absolute Gasteiger partial charge is 0.496 e. The number of guanidine groups is 1.